The third-order valence-corrected chi connectivity index (χ3v) is 4.53. The van der Waals surface area contributed by atoms with E-state index < -0.39 is 6.10 Å². The summed E-state index contributed by atoms with van der Waals surface area (Å²) in [5.74, 6) is 0.786. The molecule has 2 atom stereocenters. The lowest BCUT2D eigenvalue weighted by molar-refractivity contribution is -0.00887. The molecular weight excluding hydrogens is 262 g/mol. The number of benzene rings is 1. The van der Waals surface area contributed by atoms with Gasteiger partial charge in [-0.2, -0.15) is 0 Å². The molecule has 1 fully saturated rings. The summed E-state index contributed by atoms with van der Waals surface area (Å²) in [5, 5.41) is 11.0. The SMILES string of the molecule is CC(C)N1CCC2(C[C@@H](O)c3cc(Cl)ccc3O2)C1. The Kier molecular flexibility index (Phi) is 3.24. The Bertz CT molecular complexity index is 491. The van der Waals surface area contributed by atoms with Gasteiger partial charge in [0.1, 0.15) is 11.4 Å². The molecule has 2 aliphatic rings. The minimum atomic E-state index is -0.477. The number of aliphatic hydroxyl groups is 1. The van der Waals surface area contributed by atoms with E-state index in [2.05, 4.69) is 18.7 Å². The second-order valence-electron chi connectivity index (χ2n) is 6.00. The van der Waals surface area contributed by atoms with Crippen molar-refractivity contribution in [3.8, 4) is 5.75 Å². The molecule has 1 aromatic carbocycles. The van der Waals surface area contributed by atoms with Crippen LogP contribution in [0.2, 0.25) is 5.02 Å². The maximum absolute atomic E-state index is 10.4. The first-order valence-electron chi connectivity index (χ1n) is 6.90. The van der Waals surface area contributed by atoms with E-state index in [4.69, 9.17) is 16.3 Å². The fourth-order valence-electron chi connectivity index (χ4n) is 3.18. The predicted molar refractivity (Wildman–Crippen MR) is 75.7 cm³/mol. The van der Waals surface area contributed by atoms with Gasteiger partial charge in [0, 0.05) is 42.6 Å². The zero-order chi connectivity index (χ0) is 13.6. The van der Waals surface area contributed by atoms with Gasteiger partial charge in [-0.25, -0.2) is 0 Å². The van der Waals surface area contributed by atoms with Crippen LogP contribution in [-0.4, -0.2) is 34.7 Å². The molecule has 1 N–H and O–H groups in total. The van der Waals surface area contributed by atoms with Crippen LogP contribution in [0.15, 0.2) is 18.2 Å². The maximum Gasteiger partial charge on any atom is 0.126 e. The third-order valence-electron chi connectivity index (χ3n) is 4.30. The molecule has 4 heteroatoms. The van der Waals surface area contributed by atoms with Crippen molar-refractivity contribution in [2.45, 2.75) is 44.4 Å². The van der Waals surface area contributed by atoms with Gasteiger partial charge in [0.05, 0.1) is 6.10 Å². The molecule has 0 saturated carbocycles. The lowest BCUT2D eigenvalue weighted by atomic mass is 9.88. The van der Waals surface area contributed by atoms with E-state index in [-0.39, 0.29) is 5.60 Å². The summed E-state index contributed by atoms with van der Waals surface area (Å²) in [6.07, 6.45) is 1.16. The van der Waals surface area contributed by atoms with E-state index in [1.807, 2.05) is 18.2 Å². The zero-order valence-electron chi connectivity index (χ0n) is 11.4. The number of rotatable bonds is 1. The van der Waals surface area contributed by atoms with Crippen molar-refractivity contribution in [3.63, 3.8) is 0 Å². The lowest BCUT2D eigenvalue weighted by Crippen LogP contribution is -2.44. The molecule has 3 rings (SSSR count). The molecule has 2 aliphatic heterocycles. The molecule has 1 saturated heterocycles. The highest BCUT2D eigenvalue weighted by Crippen LogP contribution is 2.44. The fraction of sp³-hybridized carbons (Fsp3) is 0.600. The number of aliphatic hydroxyl groups excluding tert-OH is 1. The average Bonchev–Trinajstić information content (AvgIpc) is 2.74. The minimum Gasteiger partial charge on any atom is -0.485 e. The molecule has 0 amide bonds. The van der Waals surface area contributed by atoms with Crippen LogP contribution in [0, 0.1) is 0 Å². The number of fused-ring (bicyclic) bond motifs is 1. The van der Waals surface area contributed by atoms with Gasteiger partial charge in [-0.05, 0) is 32.0 Å². The van der Waals surface area contributed by atoms with E-state index in [0.717, 1.165) is 30.8 Å². The van der Waals surface area contributed by atoms with Crippen LogP contribution < -0.4 is 4.74 Å². The number of halogens is 1. The van der Waals surface area contributed by atoms with E-state index in [1.54, 1.807) is 0 Å². The summed E-state index contributed by atoms with van der Waals surface area (Å²) < 4.78 is 6.23. The molecule has 3 nitrogen and oxygen atoms in total. The smallest absolute Gasteiger partial charge is 0.126 e. The second-order valence-corrected chi connectivity index (χ2v) is 6.44. The number of ether oxygens (including phenoxy) is 1. The average molecular weight is 282 g/mol. The summed E-state index contributed by atoms with van der Waals surface area (Å²) >= 11 is 5.98. The number of hydrogen-bond acceptors (Lipinski definition) is 3. The summed E-state index contributed by atoms with van der Waals surface area (Å²) in [6, 6.07) is 6.02. The van der Waals surface area contributed by atoms with Gasteiger partial charge in [-0.3, -0.25) is 4.90 Å². The Hall–Kier alpha value is -0.770. The van der Waals surface area contributed by atoms with Crippen molar-refractivity contribution in [2.75, 3.05) is 13.1 Å². The molecule has 0 bridgehead atoms. The van der Waals surface area contributed by atoms with E-state index in [1.165, 1.54) is 0 Å². The Morgan fingerprint density at radius 2 is 2.26 bits per heavy atom. The quantitative estimate of drug-likeness (QED) is 0.859. The Labute approximate surface area is 119 Å². The first-order valence-corrected chi connectivity index (χ1v) is 7.27. The van der Waals surface area contributed by atoms with Gasteiger partial charge in [0.25, 0.3) is 0 Å². The minimum absolute atomic E-state index is 0.232. The number of nitrogens with zero attached hydrogens (tertiary/aromatic N) is 1. The van der Waals surface area contributed by atoms with Crippen LogP contribution >= 0.6 is 11.6 Å². The highest BCUT2D eigenvalue weighted by atomic mass is 35.5. The summed E-state index contributed by atoms with van der Waals surface area (Å²) in [6.45, 7) is 6.33. The lowest BCUT2D eigenvalue weighted by Gasteiger charge is -2.38. The van der Waals surface area contributed by atoms with Gasteiger partial charge < -0.3 is 9.84 Å². The predicted octanol–water partition coefficient (Wildman–Crippen LogP) is 3.01. The summed E-state index contributed by atoms with van der Waals surface area (Å²) in [4.78, 5) is 2.41. The van der Waals surface area contributed by atoms with Crippen LogP contribution in [0.25, 0.3) is 0 Å². The molecule has 0 radical (unpaired) electrons. The fourth-order valence-corrected chi connectivity index (χ4v) is 3.36. The molecule has 2 heterocycles. The second kappa shape index (κ2) is 4.65. The Morgan fingerprint density at radius 3 is 2.95 bits per heavy atom. The topological polar surface area (TPSA) is 32.7 Å². The van der Waals surface area contributed by atoms with Crippen LogP contribution in [0.3, 0.4) is 0 Å². The van der Waals surface area contributed by atoms with Gasteiger partial charge >= 0.3 is 0 Å². The van der Waals surface area contributed by atoms with Crippen molar-refractivity contribution in [1.82, 2.24) is 4.90 Å². The van der Waals surface area contributed by atoms with Crippen LogP contribution in [0.1, 0.15) is 38.4 Å². The normalized spacial score (nSPS) is 30.7. The highest BCUT2D eigenvalue weighted by molar-refractivity contribution is 6.30. The first-order chi connectivity index (χ1) is 8.99. The highest BCUT2D eigenvalue weighted by Gasteiger charge is 2.46. The Morgan fingerprint density at radius 1 is 1.47 bits per heavy atom. The van der Waals surface area contributed by atoms with Crippen LogP contribution in [0.5, 0.6) is 5.75 Å². The zero-order valence-corrected chi connectivity index (χ0v) is 12.2. The van der Waals surface area contributed by atoms with E-state index in [0.29, 0.717) is 17.5 Å². The third kappa shape index (κ3) is 2.35. The standard InChI is InChI=1S/C15H20ClNO2/c1-10(2)17-6-5-15(9-17)8-13(18)12-7-11(16)3-4-14(12)19-15/h3-4,7,10,13,18H,5-6,8-9H2,1-2H3/t13-,15?/m1/s1. The van der Waals surface area contributed by atoms with Crippen molar-refractivity contribution < 1.29 is 9.84 Å². The van der Waals surface area contributed by atoms with Gasteiger partial charge in [-0.1, -0.05) is 11.6 Å². The molecule has 0 aromatic heterocycles. The molecule has 1 aromatic rings. The molecule has 0 aliphatic carbocycles. The van der Waals surface area contributed by atoms with Gasteiger partial charge in [0.15, 0.2) is 0 Å². The van der Waals surface area contributed by atoms with Gasteiger partial charge in [-0.15, -0.1) is 0 Å². The summed E-state index contributed by atoms with van der Waals surface area (Å²) in [5.41, 5.74) is 0.589. The van der Waals surface area contributed by atoms with E-state index in [9.17, 15) is 5.11 Å². The van der Waals surface area contributed by atoms with Crippen LogP contribution in [-0.2, 0) is 0 Å². The number of hydrogen-bond donors (Lipinski definition) is 1. The van der Waals surface area contributed by atoms with Gasteiger partial charge in [0.2, 0.25) is 0 Å². The van der Waals surface area contributed by atoms with Crippen molar-refractivity contribution >= 4 is 11.6 Å². The van der Waals surface area contributed by atoms with Crippen molar-refractivity contribution in [1.29, 1.82) is 0 Å². The molecular formula is C15H20ClNO2. The monoisotopic (exact) mass is 281 g/mol. The van der Waals surface area contributed by atoms with Crippen molar-refractivity contribution in [3.05, 3.63) is 28.8 Å². The first kappa shape index (κ1) is 13.2. The molecule has 1 unspecified atom stereocenters. The molecule has 104 valence electrons. The van der Waals surface area contributed by atoms with Crippen LogP contribution in [0.4, 0.5) is 0 Å². The molecule has 19 heavy (non-hydrogen) atoms. The largest absolute Gasteiger partial charge is 0.485 e. The maximum atomic E-state index is 10.4. The van der Waals surface area contributed by atoms with E-state index >= 15 is 0 Å². The summed E-state index contributed by atoms with van der Waals surface area (Å²) in [7, 11) is 0. The van der Waals surface area contributed by atoms with Crippen molar-refractivity contribution in [2.24, 2.45) is 0 Å². The Balaban J connectivity index is 1.87. The number of likely N-dealkylation sites (tertiary alicyclic amines) is 1. The molecule has 1 spiro atoms.